The molecule has 1 saturated carbocycles. The zero-order valence-electron chi connectivity index (χ0n) is 15.4. The molecule has 26 heavy (non-hydrogen) atoms. The number of nitrogens with one attached hydrogen (secondary N) is 1. The Kier molecular flexibility index (Phi) is 4.13. The molecule has 2 aromatic heterocycles. The van der Waals surface area contributed by atoms with Crippen molar-refractivity contribution in [1.29, 1.82) is 0 Å². The van der Waals surface area contributed by atoms with E-state index in [0.717, 1.165) is 22.9 Å². The lowest BCUT2D eigenvalue weighted by atomic mass is 10.1. The van der Waals surface area contributed by atoms with E-state index in [0.29, 0.717) is 37.5 Å². The standard InChI is InChI=1S/C18H24N6O2/c1-10-8-23(9-15-21-22-17(24(10)15)13-4-5-13)16(25)7-6-14-11(2)19-18(26)20-12(14)3/h10,13H,4-9H2,1-3H3,(H,19,20,26)/t10-/m0/s1. The van der Waals surface area contributed by atoms with Crippen molar-refractivity contribution in [2.75, 3.05) is 6.54 Å². The first-order chi connectivity index (χ1) is 12.4. The Bertz CT molecular complexity index is 885. The van der Waals surface area contributed by atoms with Crippen LogP contribution in [0.5, 0.6) is 0 Å². The number of hydrogen-bond acceptors (Lipinski definition) is 5. The highest BCUT2D eigenvalue weighted by Gasteiger charge is 2.35. The smallest absolute Gasteiger partial charge is 0.333 e. The van der Waals surface area contributed by atoms with Crippen molar-refractivity contribution < 1.29 is 4.79 Å². The molecular formula is C18H24N6O2. The van der Waals surface area contributed by atoms with Crippen LogP contribution in [0.2, 0.25) is 0 Å². The molecule has 2 aromatic rings. The fraction of sp³-hybridized carbons (Fsp3) is 0.611. The van der Waals surface area contributed by atoms with E-state index in [1.165, 1.54) is 12.8 Å². The predicted octanol–water partition coefficient (Wildman–Crippen LogP) is 1.39. The van der Waals surface area contributed by atoms with Gasteiger partial charge in [0.15, 0.2) is 5.82 Å². The molecule has 1 aliphatic carbocycles. The number of carbonyl (C=O) groups is 1. The quantitative estimate of drug-likeness (QED) is 0.893. The average Bonchev–Trinajstić information content (AvgIpc) is 3.32. The minimum absolute atomic E-state index is 0.101. The number of H-pyrrole nitrogens is 1. The van der Waals surface area contributed by atoms with E-state index in [2.05, 4.69) is 31.7 Å². The van der Waals surface area contributed by atoms with Crippen LogP contribution in [0.4, 0.5) is 0 Å². The van der Waals surface area contributed by atoms with E-state index in [4.69, 9.17) is 0 Å². The van der Waals surface area contributed by atoms with Gasteiger partial charge in [0.25, 0.3) is 0 Å². The fourth-order valence-electron chi connectivity index (χ4n) is 3.88. The highest BCUT2D eigenvalue weighted by atomic mass is 16.2. The van der Waals surface area contributed by atoms with Crippen LogP contribution in [-0.4, -0.2) is 42.1 Å². The number of aryl methyl sites for hydroxylation is 2. The van der Waals surface area contributed by atoms with Crippen LogP contribution in [0.1, 0.15) is 66.7 Å². The molecule has 3 heterocycles. The van der Waals surface area contributed by atoms with Gasteiger partial charge in [-0.1, -0.05) is 0 Å². The van der Waals surface area contributed by atoms with Crippen LogP contribution in [0.25, 0.3) is 0 Å². The van der Waals surface area contributed by atoms with Gasteiger partial charge in [-0.25, -0.2) is 4.79 Å². The molecule has 4 rings (SSSR count). The molecule has 1 fully saturated rings. The fourth-order valence-corrected chi connectivity index (χ4v) is 3.88. The van der Waals surface area contributed by atoms with Gasteiger partial charge in [0, 0.05) is 30.3 Å². The Morgan fingerprint density at radius 3 is 2.73 bits per heavy atom. The molecule has 0 unspecified atom stereocenters. The third kappa shape index (κ3) is 3.04. The summed E-state index contributed by atoms with van der Waals surface area (Å²) in [5, 5.41) is 8.69. The Hall–Kier alpha value is -2.51. The molecular weight excluding hydrogens is 332 g/mol. The summed E-state index contributed by atoms with van der Waals surface area (Å²) in [6, 6.07) is 0.200. The number of aromatic amines is 1. The Morgan fingerprint density at radius 2 is 2.04 bits per heavy atom. The molecule has 0 radical (unpaired) electrons. The monoisotopic (exact) mass is 356 g/mol. The van der Waals surface area contributed by atoms with E-state index in [9.17, 15) is 9.59 Å². The van der Waals surface area contributed by atoms with E-state index < -0.39 is 0 Å². The first-order valence-electron chi connectivity index (χ1n) is 9.22. The van der Waals surface area contributed by atoms with E-state index in [-0.39, 0.29) is 17.6 Å². The van der Waals surface area contributed by atoms with Gasteiger partial charge < -0.3 is 14.5 Å². The highest BCUT2D eigenvalue weighted by molar-refractivity contribution is 5.76. The Morgan fingerprint density at radius 1 is 1.27 bits per heavy atom. The Balaban J connectivity index is 1.45. The maximum atomic E-state index is 12.7. The molecule has 0 saturated heterocycles. The van der Waals surface area contributed by atoms with Gasteiger partial charge in [-0.15, -0.1) is 10.2 Å². The van der Waals surface area contributed by atoms with Crippen molar-refractivity contribution in [3.63, 3.8) is 0 Å². The largest absolute Gasteiger partial charge is 0.345 e. The van der Waals surface area contributed by atoms with Gasteiger partial charge in [0.2, 0.25) is 5.91 Å². The van der Waals surface area contributed by atoms with Crippen LogP contribution in [0.3, 0.4) is 0 Å². The van der Waals surface area contributed by atoms with Gasteiger partial charge in [-0.3, -0.25) is 4.79 Å². The van der Waals surface area contributed by atoms with Crippen LogP contribution in [0.15, 0.2) is 4.79 Å². The Labute approximate surface area is 151 Å². The van der Waals surface area contributed by atoms with Crippen LogP contribution in [-0.2, 0) is 17.8 Å². The molecule has 0 bridgehead atoms. The second-order valence-electron chi connectivity index (χ2n) is 7.47. The van der Waals surface area contributed by atoms with Gasteiger partial charge in [0.1, 0.15) is 5.82 Å². The lowest BCUT2D eigenvalue weighted by molar-refractivity contribution is -0.133. The maximum Gasteiger partial charge on any atom is 0.345 e. The molecule has 1 amide bonds. The van der Waals surface area contributed by atoms with Crippen molar-refractivity contribution in [1.82, 2.24) is 29.6 Å². The SMILES string of the molecule is Cc1nc(=O)[nH]c(C)c1CCC(=O)N1Cc2nnc(C3CC3)n2[C@@H](C)C1. The van der Waals surface area contributed by atoms with Crippen molar-refractivity contribution >= 4 is 5.91 Å². The van der Waals surface area contributed by atoms with Gasteiger partial charge in [0.05, 0.1) is 12.6 Å². The van der Waals surface area contributed by atoms with Gasteiger partial charge in [-0.2, -0.15) is 4.98 Å². The van der Waals surface area contributed by atoms with Crippen molar-refractivity contribution in [2.24, 2.45) is 0 Å². The summed E-state index contributed by atoms with van der Waals surface area (Å²) in [5.74, 6) is 2.63. The summed E-state index contributed by atoms with van der Waals surface area (Å²) in [5.41, 5.74) is 2.09. The zero-order chi connectivity index (χ0) is 18.4. The molecule has 1 N–H and O–H groups in total. The number of rotatable bonds is 4. The molecule has 8 nitrogen and oxygen atoms in total. The number of aromatic nitrogens is 5. The van der Waals surface area contributed by atoms with Gasteiger partial charge >= 0.3 is 5.69 Å². The van der Waals surface area contributed by atoms with Crippen LogP contribution >= 0.6 is 0 Å². The minimum Gasteiger partial charge on any atom is -0.333 e. The second-order valence-corrected chi connectivity index (χ2v) is 7.47. The number of fused-ring (bicyclic) bond motifs is 1. The molecule has 8 heteroatoms. The summed E-state index contributed by atoms with van der Waals surface area (Å²) in [6.07, 6.45) is 3.36. The zero-order valence-corrected chi connectivity index (χ0v) is 15.4. The molecule has 1 aliphatic heterocycles. The molecule has 0 spiro atoms. The van der Waals surface area contributed by atoms with Crippen molar-refractivity contribution in [3.8, 4) is 0 Å². The van der Waals surface area contributed by atoms with Crippen LogP contribution in [0, 0.1) is 13.8 Å². The third-order valence-electron chi connectivity index (χ3n) is 5.39. The number of carbonyl (C=O) groups excluding carboxylic acids is 1. The normalized spacial score (nSPS) is 19.5. The molecule has 138 valence electrons. The van der Waals surface area contributed by atoms with Crippen LogP contribution < -0.4 is 5.69 Å². The third-order valence-corrected chi connectivity index (χ3v) is 5.39. The topological polar surface area (TPSA) is 96.8 Å². The number of hydrogen-bond donors (Lipinski definition) is 1. The summed E-state index contributed by atoms with van der Waals surface area (Å²) in [4.78, 5) is 32.7. The maximum absolute atomic E-state index is 12.7. The molecule has 0 aromatic carbocycles. The summed E-state index contributed by atoms with van der Waals surface area (Å²) >= 11 is 0. The predicted molar refractivity (Wildman–Crippen MR) is 94.8 cm³/mol. The van der Waals surface area contributed by atoms with E-state index in [1.807, 2.05) is 18.7 Å². The summed E-state index contributed by atoms with van der Waals surface area (Å²) in [7, 11) is 0. The lowest BCUT2D eigenvalue weighted by Crippen LogP contribution is -2.41. The number of nitrogens with zero attached hydrogens (tertiary/aromatic N) is 5. The number of amides is 1. The highest BCUT2D eigenvalue weighted by Crippen LogP contribution is 2.41. The first kappa shape index (κ1) is 16.9. The van der Waals surface area contributed by atoms with Gasteiger partial charge in [-0.05, 0) is 45.6 Å². The minimum atomic E-state index is -0.342. The average molecular weight is 356 g/mol. The van der Waals surface area contributed by atoms with Crippen molar-refractivity contribution in [3.05, 3.63) is 39.1 Å². The van der Waals surface area contributed by atoms with E-state index >= 15 is 0 Å². The van der Waals surface area contributed by atoms with Crippen molar-refractivity contribution in [2.45, 2.75) is 65.0 Å². The second kappa shape index (κ2) is 6.34. The molecule has 2 aliphatic rings. The summed E-state index contributed by atoms with van der Waals surface area (Å²) < 4.78 is 2.22. The molecule has 1 atom stereocenters. The first-order valence-corrected chi connectivity index (χ1v) is 9.22. The van der Waals surface area contributed by atoms with E-state index in [1.54, 1.807) is 0 Å². The summed E-state index contributed by atoms with van der Waals surface area (Å²) in [6.45, 7) is 6.99. The lowest BCUT2D eigenvalue weighted by Gasteiger charge is -2.32.